The molecule has 1 aromatic rings. The summed E-state index contributed by atoms with van der Waals surface area (Å²) in [5.41, 5.74) is 1.01. The average Bonchev–Trinajstić information content (AvgIpc) is 2.34. The number of nitrogens with one attached hydrogen (secondary N) is 1. The summed E-state index contributed by atoms with van der Waals surface area (Å²) in [6.07, 6.45) is 3.38. The van der Waals surface area contributed by atoms with Crippen molar-refractivity contribution in [3.63, 3.8) is 0 Å². The highest BCUT2D eigenvalue weighted by Gasteiger charge is 2.13. The maximum Gasteiger partial charge on any atom is 0.223 e. The third-order valence-corrected chi connectivity index (χ3v) is 3.27. The van der Waals surface area contributed by atoms with Crippen molar-refractivity contribution in [2.45, 2.75) is 20.4 Å². The molecule has 0 saturated heterocycles. The molecular formula is C12H16N2O2S. The molecule has 1 atom stereocenters. The maximum absolute atomic E-state index is 11.7. The molecule has 1 unspecified atom stereocenters. The number of thioether (sulfide) groups is 1. The van der Waals surface area contributed by atoms with E-state index in [1.165, 1.54) is 18.7 Å². The molecule has 0 radical (unpaired) electrons. The first-order chi connectivity index (χ1) is 8.09. The molecule has 0 aromatic carbocycles. The van der Waals surface area contributed by atoms with Gasteiger partial charge in [-0.2, -0.15) is 0 Å². The highest BCUT2D eigenvalue weighted by molar-refractivity contribution is 8.13. The van der Waals surface area contributed by atoms with Crippen molar-refractivity contribution >= 4 is 22.8 Å². The molecular weight excluding hydrogens is 236 g/mol. The highest BCUT2D eigenvalue weighted by atomic mass is 32.2. The molecule has 1 aromatic heterocycles. The second-order valence-corrected chi connectivity index (χ2v) is 4.97. The summed E-state index contributed by atoms with van der Waals surface area (Å²) in [6, 6.07) is 3.71. The van der Waals surface area contributed by atoms with Crippen LogP contribution in [0.4, 0.5) is 0 Å². The average molecular weight is 252 g/mol. The molecule has 0 aliphatic heterocycles. The molecule has 1 amide bonds. The third-order valence-electron chi connectivity index (χ3n) is 2.20. The van der Waals surface area contributed by atoms with Gasteiger partial charge < -0.3 is 5.32 Å². The topological polar surface area (TPSA) is 59.1 Å². The van der Waals surface area contributed by atoms with Crippen molar-refractivity contribution in [1.82, 2.24) is 10.3 Å². The van der Waals surface area contributed by atoms with Crippen molar-refractivity contribution in [1.29, 1.82) is 0 Å². The van der Waals surface area contributed by atoms with Crippen LogP contribution in [0.25, 0.3) is 0 Å². The summed E-state index contributed by atoms with van der Waals surface area (Å²) in [5.74, 6) is 0.332. The Kier molecular flexibility index (Phi) is 5.69. The fourth-order valence-corrected chi connectivity index (χ4v) is 1.82. The van der Waals surface area contributed by atoms with Crippen molar-refractivity contribution in [2.24, 2.45) is 5.92 Å². The Morgan fingerprint density at radius 3 is 2.65 bits per heavy atom. The van der Waals surface area contributed by atoms with Gasteiger partial charge in [-0.05, 0) is 17.7 Å². The van der Waals surface area contributed by atoms with Crippen molar-refractivity contribution in [2.75, 3.05) is 5.75 Å². The van der Waals surface area contributed by atoms with E-state index in [0.717, 1.165) is 5.56 Å². The molecule has 0 aliphatic carbocycles. The zero-order chi connectivity index (χ0) is 12.7. The molecule has 0 spiro atoms. The van der Waals surface area contributed by atoms with E-state index < -0.39 is 0 Å². The van der Waals surface area contributed by atoms with Gasteiger partial charge in [0.15, 0.2) is 5.12 Å². The van der Waals surface area contributed by atoms with Gasteiger partial charge in [-0.15, -0.1) is 0 Å². The molecule has 17 heavy (non-hydrogen) atoms. The monoisotopic (exact) mass is 252 g/mol. The summed E-state index contributed by atoms with van der Waals surface area (Å²) in [6.45, 7) is 3.82. The van der Waals surface area contributed by atoms with Gasteiger partial charge >= 0.3 is 0 Å². The molecule has 0 saturated carbocycles. The van der Waals surface area contributed by atoms with Crippen molar-refractivity contribution in [3.05, 3.63) is 30.1 Å². The van der Waals surface area contributed by atoms with Gasteiger partial charge in [-0.1, -0.05) is 18.7 Å². The van der Waals surface area contributed by atoms with Gasteiger partial charge in [0.05, 0.1) is 0 Å². The second kappa shape index (κ2) is 7.06. The minimum absolute atomic E-state index is 0.0319. The molecule has 1 N–H and O–H groups in total. The molecule has 5 heteroatoms. The number of aromatic nitrogens is 1. The van der Waals surface area contributed by atoms with E-state index in [1.54, 1.807) is 12.4 Å². The van der Waals surface area contributed by atoms with E-state index in [0.29, 0.717) is 12.3 Å². The Bertz CT molecular complexity index is 381. The zero-order valence-corrected chi connectivity index (χ0v) is 10.8. The van der Waals surface area contributed by atoms with Crippen LogP contribution in [0.3, 0.4) is 0 Å². The number of amides is 1. The minimum atomic E-state index is -0.161. The molecule has 4 nitrogen and oxygen atoms in total. The molecule has 1 heterocycles. The van der Waals surface area contributed by atoms with Crippen LogP contribution in [-0.4, -0.2) is 21.8 Å². The molecule has 92 valence electrons. The predicted octanol–water partition coefficient (Wildman–Crippen LogP) is 1.61. The fourth-order valence-electron chi connectivity index (χ4n) is 1.18. The summed E-state index contributed by atoms with van der Waals surface area (Å²) < 4.78 is 0. The van der Waals surface area contributed by atoms with Crippen LogP contribution in [0.1, 0.15) is 19.4 Å². The first kappa shape index (κ1) is 13.7. The Labute approximate surface area is 105 Å². The lowest BCUT2D eigenvalue weighted by molar-refractivity contribution is -0.124. The smallest absolute Gasteiger partial charge is 0.223 e. The number of nitrogens with zero attached hydrogens (tertiary/aromatic N) is 1. The molecule has 1 rings (SSSR count). The number of carbonyl (C=O) groups is 2. The Balaban J connectivity index is 2.32. The van der Waals surface area contributed by atoms with Gasteiger partial charge in [0.2, 0.25) is 5.91 Å². The second-order valence-electron chi connectivity index (χ2n) is 3.78. The number of carbonyl (C=O) groups excluding carboxylic acids is 2. The van der Waals surface area contributed by atoms with Gasteiger partial charge in [0, 0.05) is 37.5 Å². The van der Waals surface area contributed by atoms with Crippen molar-refractivity contribution < 1.29 is 9.59 Å². The van der Waals surface area contributed by atoms with E-state index in [9.17, 15) is 9.59 Å². The lowest BCUT2D eigenvalue weighted by Gasteiger charge is -2.10. The van der Waals surface area contributed by atoms with Gasteiger partial charge in [0.25, 0.3) is 0 Å². The van der Waals surface area contributed by atoms with Crippen LogP contribution in [0.2, 0.25) is 0 Å². The molecule has 0 aliphatic rings. The number of hydrogen-bond acceptors (Lipinski definition) is 4. The molecule has 0 fully saturated rings. The highest BCUT2D eigenvalue weighted by Crippen LogP contribution is 2.09. The van der Waals surface area contributed by atoms with E-state index in [-0.39, 0.29) is 16.9 Å². The first-order valence-corrected chi connectivity index (χ1v) is 6.38. The number of rotatable bonds is 5. The lowest BCUT2D eigenvalue weighted by atomic mass is 10.2. The van der Waals surface area contributed by atoms with E-state index in [2.05, 4.69) is 10.3 Å². The van der Waals surface area contributed by atoms with Crippen LogP contribution in [0, 0.1) is 5.92 Å². The molecule has 0 bridgehead atoms. The zero-order valence-electron chi connectivity index (χ0n) is 9.97. The summed E-state index contributed by atoms with van der Waals surface area (Å²) in [4.78, 5) is 26.4. The SMILES string of the molecule is CC(=O)SCC(C)C(=O)NCc1ccncc1. The quantitative estimate of drug-likeness (QED) is 0.865. The third kappa shape index (κ3) is 5.49. The van der Waals surface area contributed by atoms with Crippen LogP contribution < -0.4 is 5.32 Å². The summed E-state index contributed by atoms with van der Waals surface area (Å²) in [5, 5.41) is 2.87. The Morgan fingerprint density at radius 1 is 1.41 bits per heavy atom. The van der Waals surface area contributed by atoms with Gasteiger partial charge in [-0.25, -0.2) is 0 Å². The first-order valence-electron chi connectivity index (χ1n) is 5.39. The van der Waals surface area contributed by atoms with E-state index in [4.69, 9.17) is 0 Å². The van der Waals surface area contributed by atoms with Crippen LogP contribution in [-0.2, 0) is 16.1 Å². The van der Waals surface area contributed by atoms with Crippen LogP contribution >= 0.6 is 11.8 Å². The standard InChI is InChI=1S/C12H16N2O2S/c1-9(8-17-10(2)15)12(16)14-7-11-3-5-13-6-4-11/h3-6,9H,7-8H2,1-2H3,(H,14,16). The summed E-state index contributed by atoms with van der Waals surface area (Å²) >= 11 is 1.18. The maximum atomic E-state index is 11.7. The summed E-state index contributed by atoms with van der Waals surface area (Å²) in [7, 11) is 0. The largest absolute Gasteiger partial charge is 0.352 e. The minimum Gasteiger partial charge on any atom is -0.352 e. The van der Waals surface area contributed by atoms with Gasteiger partial charge in [-0.3, -0.25) is 14.6 Å². The Hall–Kier alpha value is -1.36. The van der Waals surface area contributed by atoms with E-state index >= 15 is 0 Å². The van der Waals surface area contributed by atoms with Gasteiger partial charge in [0.1, 0.15) is 0 Å². The normalized spacial score (nSPS) is 11.9. The number of hydrogen-bond donors (Lipinski definition) is 1. The lowest BCUT2D eigenvalue weighted by Crippen LogP contribution is -2.30. The number of pyridine rings is 1. The fraction of sp³-hybridized carbons (Fsp3) is 0.417. The van der Waals surface area contributed by atoms with Crippen molar-refractivity contribution in [3.8, 4) is 0 Å². The van der Waals surface area contributed by atoms with Crippen LogP contribution in [0.15, 0.2) is 24.5 Å². The van der Waals surface area contributed by atoms with E-state index in [1.807, 2.05) is 19.1 Å². The predicted molar refractivity (Wildman–Crippen MR) is 68.4 cm³/mol. The van der Waals surface area contributed by atoms with Crippen LogP contribution in [0.5, 0.6) is 0 Å². The Morgan fingerprint density at radius 2 is 2.06 bits per heavy atom.